The Hall–Kier alpha value is -3.03. The molecule has 1 aliphatic heterocycles. The van der Waals surface area contributed by atoms with Crippen LogP contribution in [-0.2, 0) is 16.0 Å². The highest BCUT2D eigenvalue weighted by Gasteiger charge is 2.26. The lowest BCUT2D eigenvalue weighted by Crippen LogP contribution is -2.42. The molecule has 2 N–H and O–H groups in total. The number of pyridine rings is 1. The van der Waals surface area contributed by atoms with Gasteiger partial charge in [0.15, 0.2) is 0 Å². The van der Waals surface area contributed by atoms with Crippen LogP contribution in [0.15, 0.2) is 48.8 Å². The van der Waals surface area contributed by atoms with Gasteiger partial charge in [-0.25, -0.2) is 9.97 Å². The fourth-order valence-electron chi connectivity index (χ4n) is 3.67. The first-order valence-corrected chi connectivity index (χ1v) is 10.6. The van der Waals surface area contributed by atoms with E-state index in [1.54, 1.807) is 12.4 Å². The highest BCUT2D eigenvalue weighted by Crippen LogP contribution is 2.27. The third-order valence-corrected chi connectivity index (χ3v) is 5.48. The lowest BCUT2D eigenvalue weighted by Gasteiger charge is -2.33. The summed E-state index contributed by atoms with van der Waals surface area (Å²) in [5.41, 5.74) is 10.1. The van der Waals surface area contributed by atoms with Crippen molar-refractivity contribution in [2.45, 2.75) is 25.9 Å². The number of aromatic nitrogens is 3. The molecule has 8 heteroatoms. The molecule has 0 saturated carbocycles. The summed E-state index contributed by atoms with van der Waals surface area (Å²) in [4.78, 5) is 27.5. The van der Waals surface area contributed by atoms with E-state index in [9.17, 15) is 4.79 Å². The maximum atomic E-state index is 12.8. The van der Waals surface area contributed by atoms with E-state index < -0.39 is 0 Å². The van der Waals surface area contributed by atoms with Crippen molar-refractivity contribution in [2.75, 3.05) is 25.4 Å². The minimum Gasteiger partial charge on any atom is -0.368 e. The summed E-state index contributed by atoms with van der Waals surface area (Å²) in [7, 11) is 0. The molecule has 1 aromatic carbocycles. The van der Waals surface area contributed by atoms with Crippen molar-refractivity contribution in [3.63, 3.8) is 0 Å². The van der Waals surface area contributed by atoms with E-state index >= 15 is 0 Å². The predicted octanol–water partition coefficient (Wildman–Crippen LogP) is 3.62. The predicted molar refractivity (Wildman–Crippen MR) is 119 cm³/mol. The van der Waals surface area contributed by atoms with Crippen LogP contribution in [-0.4, -0.2) is 45.5 Å². The first-order valence-electron chi connectivity index (χ1n) is 10.2. The van der Waals surface area contributed by atoms with Crippen LogP contribution in [0.1, 0.15) is 29.5 Å². The van der Waals surface area contributed by atoms with Gasteiger partial charge in [0.25, 0.3) is 0 Å². The molecule has 1 unspecified atom stereocenters. The number of anilines is 1. The zero-order valence-electron chi connectivity index (χ0n) is 17.3. The van der Waals surface area contributed by atoms with Crippen molar-refractivity contribution < 1.29 is 9.53 Å². The molecule has 3 heterocycles. The first kappa shape index (κ1) is 21.2. The van der Waals surface area contributed by atoms with E-state index in [1.165, 1.54) is 0 Å². The Morgan fingerprint density at radius 1 is 1.23 bits per heavy atom. The summed E-state index contributed by atoms with van der Waals surface area (Å²) in [5, 5.41) is 0.684. The van der Waals surface area contributed by atoms with Gasteiger partial charge in [0.1, 0.15) is 6.10 Å². The van der Waals surface area contributed by atoms with Gasteiger partial charge in [-0.3, -0.25) is 9.78 Å². The van der Waals surface area contributed by atoms with Crippen LogP contribution >= 0.6 is 11.6 Å². The molecule has 31 heavy (non-hydrogen) atoms. The molecule has 3 aromatic rings. The number of morpholine rings is 1. The fourth-order valence-corrected chi connectivity index (χ4v) is 3.88. The number of hydrogen-bond acceptors (Lipinski definition) is 6. The van der Waals surface area contributed by atoms with E-state index in [4.69, 9.17) is 22.1 Å². The highest BCUT2D eigenvalue weighted by atomic mass is 35.5. The minimum absolute atomic E-state index is 0.105. The second-order valence-corrected chi connectivity index (χ2v) is 8.02. The number of benzene rings is 1. The number of carbonyl (C=O) groups excluding carboxylic acids is 1. The molecule has 1 atom stereocenters. The van der Waals surface area contributed by atoms with Gasteiger partial charge in [-0.1, -0.05) is 23.7 Å². The Morgan fingerprint density at radius 3 is 2.81 bits per heavy atom. The fraction of sp³-hybridized carbons (Fsp3) is 0.304. The number of nitrogens with two attached hydrogens (primary N) is 1. The van der Waals surface area contributed by atoms with Crippen LogP contribution in [0, 0.1) is 6.92 Å². The monoisotopic (exact) mass is 437 g/mol. The Labute approximate surface area is 186 Å². The average Bonchev–Trinajstić information content (AvgIpc) is 2.78. The molecule has 0 bridgehead atoms. The van der Waals surface area contributed by atoms with Gasteiger partial charge in [-0.05, 0) is 48.7 Å². The van der Waals surface area contributed by atoms with E-state index in [1.807, 2.05) is 48.2 Å². The van der Waals surface area contributed by atoms with E-state index in [-0.39, 0.29) is 18.0 Å². The summed E-state index contributed by atoms with van der Waals surface area (Å²) in [6.07, 6.45) is 4.19. The number of amides is 1. The molecule has 4 rings (SSSR count). The normalized spacial score (nSPS) is 16.3. The van der Waals surface area contributed by atoms with E-state index in [2.05, 4.69) is 15.0 Å². The molecule has 1 fully saturated rings. The summed E-state index contributed by atoms with van der Waals surface area (Å²) in [6.45, 7) is 3.46. The number of halogens is 1. The van der Waals surface area contributed by atoms with Gasteiger partial charge in [0.2, 0.25) is 11.9 Å². The maximum absolute atomic E-state index is 12.8. The second-order valence-electron chi connectivity index (χ2n) is 7.58. The van der Waals surface area contributed by atoms with Gasteiger partial charge in [-0.15, -0.1) is 0 Å². The third kappa shape index (κ3) is 5.37. The van der Waals surface area contributed by atoms with Gasteiger partial charge >= 0.3 is 0 Å². The number of hydrogen-bond donors (Lipinski definition) is 1. The number of rotatable bonds is 5. The highest BCUT2D eigenvalue weighted by molar-refractivity contribution is 6.30. The largest absolute Gasteiger partial charge is 0.368 e. The van der Waals surface area contributed by atoms with E-state index in [0.717, 1.165) is 28.1 Å². The van der Waals surface area contributed by atoms with Crippen molar-refractivity contribution in [3.05, 3.63) is 70.8 Å². The molecular weight excluding hydrogens is 414 g/mol. The maximum Gasteiger partial charge on any atom is 0.223 e. The third-order valence-electron chi connectivity index (χ3n) is 5.24. The molecular formula is C23H24ClN5O2. The van der Waals surface area contributed by atoms with Gasteiger partial charge < -0.3 is 15.4 Å². The van der Waals surface area contributed by atoms with Crippen LogP contribution in [0.4, 0.5) is 5.95 Å². The Bertz CT molecular complexity index is 1070. The Balaban J connectivity index is 1.45. The minimum atomic E-state index is -0.280. The number of carbonyl (C=O) groups is 1. The zero-order valence-corrected chi connectivity index (χ0v) is 18.0. The van der Waals surface area contributed by atoms with E-state index in [0.29, 0.717) is 37.6 Å². The molecule has 1 aliphatic rings. The van der Waals surface area contributed by atoms with Crippen molar-refractivity contribution in [2.24, 2.45) is 0 Å². The SMILES string of the molecule is Cc1cc(-c2cnc(N)nc2)cc(C2CN(C(=O)CCc3cccc(Cl)c3)CCO2)n1. The number of aryl methyl sites for hydroxylation is 2. The van der Waals surface area contributed by atoms with Crippen molar-refractivity contribution in [3.8, 4) is 11.1 Å². The molecule has 0 aliphatic carbocycles. The second kappa shape index (κ2) is 9.41. The lowest BCUT2D eigenvalue weighted by atomic mass is 10.0. The van der Waals surface area contributed by atoms with Crippen molar-refractivity contribution >= 4 is 23.5 Å². The average molecular weight is 438 g/mol. The zero-order chi connectivity index (χ0) is 21.8. The van der Waals surface area contributed by atoms with Crippen LogP contribution in [0.2, 0.25) is 5.02 Å². The smallest absolute Gasteiger partial charge is 0.223 e. The van der Waals surface area contributed by atoms with Gasteiger partial charge in [0, 0.05) is 41.6 Å². The summed E-state index contributed by atoms with van der Waals surface area (Å²) >= 11 is 6.04. The summed E-state index contributed by atoms with van der Waals surface area (Å²) < 4.78 is 5.96. The Kier molecular flexibility index (Phi) is 6.44. The van der Waals surface area contributed by atoms with Gasteiger partial charge in [-0.2, -0.15) is 0 Å². The first-order chi connectivity index (χ1) is 15.0. The molecule has 1 saturated heterocycles. The van der Waals surface area contributed by atoms with Gasteiger partial charge in [0.05, 0.1) is 18.8 Å². The summed E-state index contributed by atoms with van der Waals surface area (Å²) in [6, 6.07) is 11.6. The van der Waals surface area contributed by atoms with Crippen LogP contribution in [0.5, 0.6) is 0 Å². The standard InChI is InChI=1S/C23H24ClN5O2/c1-15-9-17(18-12-26-23(25)27-13-18)11-20(28-15)21-14-29(7-8-31-21)22(30)6-5-16-3-2-4-19(24)10-16/h2-4,9-13,21H,5-8,14H2,1H3,(H2,25,26,27). The van der Waals surface area contributed by atoms with Crippen LogP contribution in [0.3, 0.4) is 0 Å². The lowest BCUT2D eigenvalue weighted by molar-refractivity contribution is -0.139. The van der Waals surface area contributed by atoms with Crippen LogP contribution < -0.4 is 5.73 Å². The number of nitrogen functional groups attached to an aromatic ring is 1. The van der Waals surface area contributed by atoms with Crippen molar-refractivity contribution in [1.29, 1.82) is 0 Å². The number of nitrogens with zero attached hydrogens (tertiary/aromatic N) is 4. The molecule has 1 amide bonds. The molecule has 2 aromatic heterocycles. The molecule has 0 spiro atoms. The molecule has 7 nitrogen and oxygen atoms in total. The topological polar surface area (TPSA) is 94.2 Å². The van der Waals surface area contributed by atoms with Crippen LogP contribution in [0.25, 0.3) is 11.1 Å². The number of ether oxygens (including phenoxy) is 1. The quantitative estimate of drug-likeness (QED) is 0.655. The molecule has 0 radical (unpaired) electrons. The van der Waals surface area contributed by atoms with Crippen molar-refractivity contribution in [1.82, 2.24) is 19.9 Å². The Morgan fingerprint density at radius 2 is 2.03 bits per heavy atom. The molecule has 160 valence electrons. The summed E-state index contributed by atoms with van der Waals surface area (Å²) in [5.74, 6) is 0.338.